The lowest BCUT2D eigenvalue weighted by Crippen LogP contribution is -2.27. The lowest BCUT2D eigenvalue weighted by Gasteiger charge is -2.25. The van der Waals surface area contributed by atoms with Crippen LogP contribution in [-0.2, 0) is 24.0 Å². The molecule has 0 saturated carbocycles. The maximum absolute atomic E-state index is 6.57. The molecule has 0 fully saturated rings. The van der Waals surface area contributed by atoms with E-state index in [0.717, 1.165) is 24.3 Å². The summed E-state index contributed by atoms with van der Waals surface area (Å²) in [5.41, 5.74) is 6.99. The van der Waals surface area contributed by atoms with Crippen LogP contribution < -0.4 is 9.47 Å². The van der Waals surface area contributed by atoms with Crippen LogP contribution in [0, 0.1) is 0 Å². The highest BCUT2D eigenvalue weighted by Crippen LogP contribution is 2.49. The van der Waals surface area contributed by atoms with Gasteiger partial charge < -0.3 is 9.47 Å². The predicted molar refractivity (Wildman–Crippen MR) is 131 cm³/mol. The molecule has 166 valence electrons. The summed E-state index contributed by atoms with van der Waals surface area (Å²) >= 11 is 0. The van der Waals surface area contributed by atoms with Gasteiger partial charge >= 0.3 is 0 Å². The number of rotatable bonds is 4. The summed E-state index contributed by atoms with van der Waals surface area (Å²) in [6.45, 7) is 13.3. The van der Waals surface area contributed by atoms with E-state index in [1.54, 1.807) is 0 Å². The highest BCUT2D eigenvalue weighted by atomic mass is 16.5. The summed E-state index contributed by atoms with van der Waals surface area (Å²) in [6, 6.07) is 22.3. The van der Waals surface area contributed by atoms with Crippen LogP contribution in [0.4, 0.5) is 0 Å². The Hall–Kier alpha value is -2.74. The van der Waals surface area contributed by atoms with E-state index in [1.807, 2.05) is 0 Å². The van der Waals surface area contributed by atoms with E-state index in [9.17, 15) is 0 Å². The maximum Gasteiger partial charge on any atom is 0.135 e. The number of ether oxygens (including phenoxy) is 2. The summed E-state index contributed by atoms with van der Waals surface area (Å²) in [4.78, 5) is 0. The van der Waals surface area contributed by atoms with Crippen LogP contribution in [0.1, 0.15) is 86.8 Å². The Labute approximate surface area is 192 Å². The minimum Gasteiger partial charge on any atom is -0.482 e. The summed E-state index contributed by atoms with van der Waals surface area (Å²) in [5.74, 6) is 3.08. The molecule has 0 aliphatic carbocycles. The molecule has 5 rings (SSSR count). The molecule has 0 saturated heterocycles. The second-order valence-corrected chi connectivity index (χ2v) is 10.6. The molecule has 32 heavy (non-hydrogen) atoms. The highest BCUT2D eigenvalue weighted by molar-refractivity contribution is 5.54. The van der Waals surface area contributed by atoms with Crippen molar-refractivity contribution in [1.82, 2.24) is 0 Å². The molecular formula is C30H34O2. The van der Waals surface area contributed by atoms with Gasteiger partial charge in [0, 0.05) is 24.0 Å². The van der Waals surface area contributed by atoms with Crippen molar-refractivity contribution in [2.24, 2.45) is 0 Å². The first-order valence-electron chi connectivity index (χ1n) is 11.9. The molecule has 0 aromatic heterocycles. The largest absolute Gasteiger partial charge is 0.482 e. The van der Waals surface area contributed by atoms with Gasteiger partial charge in [-0.25, -0.2) is 0 Å². The van der Waals surface area contributed by atoms with E-state index in [1.165, 1.54) is 33.4 Å². The van der Waals surface area contributed by atoms with Crippen molar-refractivity contribution >= 4 is 0 Å². The third-order valence-corrected chi connectivity index (χ3v) is 7.35. The molecule has 2 aliphatic heterocycles. The monoisotopic (exact) mass is 426 g/mol. The fourth-order valence-electron chi connectivity index (χ4n) is 5.16. The van der Waals surface area contributed by atoms with Gasteiger partial charge in [0.1, 0.15) is 22.7 Å². The molecule has 2 heteroatoms. The van der Waals surface area contributed by atoms with Crippen LogP contribution >= 0.6 is 0 Å². The van der Waals surface area contributed by atoms with Crippen molar-refractivity contribution in [3.05, 3.63) is 94.0 Å². The van der Waals surface area contributed by atoms with E-state index < -0.39 is 0 Å². The molecule has 0 spiro atoms. The second-order valence-electron chi connectivity index (χ2n) is 10.6. The Morgan fingerprint density at radius 1 is 0.594 bits per heavy atom. The molecule has 0 unspecified atom stereocenters. The highest BCUT2D eigenvalue weighted by Gasteiger charge is 2.41. The van der Waals surface area contributed by atoms with Crippen LogP contribution in [0.25, 0.3) is 0 Å². The summed E-state index contributed by atoms with van der Waals surface area (Å²) in [7, 11) is 0. The molecule has 0 amide bonds. The summed E-state index contributed by atoms with van der Waals surface area (Å²) in [6.07, 6.45) is 1.72. The lowest BCUT2D eigenvalue weighted by atomic mass is 9.88. The van der Waals surface area contributed by atoms with Crippen LogP contribution in [0.2, 0.25) is 0 Å². The average Bonchev–Trinajstić information content (AvgIpc) is 3.27. The average molecular weight is 427 g/mol. The summed E-state index contributed by atoms with van der Waals surface area (Å²) < 4.78 is 13.1. The zero-order chi connectivity index (χ0) is 22.7. The lowest BCUT2D eigenvalue weighted by molar-refractivity contribution is 0.114. The second kappa shape index (κ2) is 7.40. The molecule has 0 radical (unpaired) electrons. The Bertz CT molecular complexity index is 1010. The van der Waals surface area contributed by atoms with Gasteiger partial charge in [0.2, 0.25) is 0 Å². The normalized spacial score (nSPS) is 23.8. The van der Waals surface area contributed by atoms with Crippen molar-refractivity contribution in [3.8, 4) is 11.5 Å². The molecule has 2 heterocycles. The van der Waals surface area contributed by atoms with Crippen LogP contribution in [0.5, 0.6) is 11.5 Å². The first kappa shape index (κ1) is 21.1. The standard InChI is InChI=1S/C30H34O2/c1-19(2)21-7-11-25(12-8-21)29(5)17-23-15-28-24(16-27(23)31-29)18-30(6,32-28)26-13-9-22(10-14-26)20(3)4/h7-16,19-20H,17-18H2,1-6H3/t29-,30-/m0/s1. The van der Waals surface area contributed by atoms with Gasteiger partial charge in [-0.2, -0.15) is 0 Å². The first-order chi connectivity index (χ1) is 15.2. The third-order valence-electron chi connectivity index (χ3n) is 7.35. The van der Waals surface area contributed by atoms with E-state index in [0.29, 0.717) is 11.8 Å². The Kier molecular flexibility index (Phi) is 4.89. The van der Waals surface area contributed by atoms with Crippen molar-refractivity contribution in [1.29, 1.82) is 0 Å². The molecule has 2 atom stereocenters. The number of benzene rings is 3. The minimum absolute atomic E-state index is 0.330. The van der Waals surface area contributed by atoms with Crippen LogP contribution in [-0.4, -0.2) is 0 Å². The predicted octanol–water partition coefficient (Wildman–Crippen LogP) is 7.63. The molecule has 0 N–H and O–H groups in total. The topological polar surface area (TPSA) is 18.5 Å². The van der Waals surface area contributed by atoms with Crippen molar-refractivity contribution in [2.45, 2.75) is 77.4 Å². The third kappa shape index (κ3) is 3.50. The van der Waals surface area contributed by atoms with Gasteiger partial charge in [-0.3, -0.25) is 0 Å². The molecule has 2 nitrogen and oxygen atoms in total. The molecule has 3 aromatic carbocycles. The van der Waals surface area contributed by atoms with Gasteiger partial charge in [0.25, 0.3) is 0 Å². The Morgan fingerprint density at radius 3 is 1.25 bits per heavy atom. The maximum atomic E-state index is 6.57. The SMILES string of the molecule is CC(C)c1ccc([C@]2(C)Cc3cc4c(cc3O2)C[C@@](C)(c2ccc(C(C)C)cc2)O4)cc1. The van der Waals surface area contributed by atoms with E-state index >= 15 is 0 Å². The molecule has 3 aromatic rings. The quantitative estimate of drug-likeness (QED) is 0.427. The van der Waals surface area contributed by atoms with Crippen molar-refractivity contribution < 1.29 is 9.47 Å². The number of hydrogen-bond acceptors (Lipinski definition) is 2. The fourth-order valence-corrected chi connectivity index (χ4v) is 5.16. The fraction of sp³-hybridized carbons (Fsp3) is 0.400. The molecule has 2 aliphatic rings. The zero-order valence-corrected chi connectivity index (χ0v) is 20.2. The van der Waals surface area contributed by atoms with Gasteiger partial charge in [-0.1, -0.05) is 76.2 Å². The Morgan fingerprint density at radius 2 is 0.938 bits per heavy atom. The number of hydrogen-bond donors (Lipinski definition) is 0. The minimum atomic E-state index is -0.330. The smallest absolute Gasteiger partial charge is 0.135 e. The van der Waals surface area contributed by atoms with Crippen molar-refractivity contribution in [2.75, 3.05) is 0 Å². The van der Waals surface area contributed by atoms with Crippen LogP contribution in [0.3, 0.4) is 0 Å². The zero-order valence-electron chi connectivity index (χ0n) is 20.2. The summed E-state index contributed by atoms with van der Waals surface area (Å²) in [5, 5.41) is 0. The van der Waals surface area contributed by atoms with Crippen molar-refractivity contribution in [3.63, 3.8) is 0 Å². The Balaban J connectivity index is 1.38. The van der Waals surface area contributed by atoms with Gasteiger partial charge in [0.05, 0.1) is 0 Å². The van der Waals surface area contributed by atoms with Crippen LogP contribution in [0.15, 0.2) is 60.7 Å². The van der Waals surface area contributed by atoms with E-state index in [4.69, 9.17) is 9.47 Å². The number of fused-ring (bicyclic) bond motifs is 2. The molecule has 0 bridgehead atoms. The first-order valence-corrected chi connectivity index (χ1v) is 11.9. The van der Waals surface area contributed by atoms with Gasteiger partial charge in [-0.15, -0.1) is 0 Å². The van der Waals surface area contributed by atoms with E-state index in [-0.39, 0.29) is 11.2 Å². The van der Waals surface area contributed by atoms with Gasteiger partial charge in [-0.05, 0) is 60.1 Å². The van der Waals surface area contributed by atoms with Gasteiger partial charge in [0.15, 0.2) is 0 Å². The van der Waals surface area contributed by atoms with E-state index in [2.05, 4.69) is 102 Å². The molecular weight excluding hydrogens is 392 g/mol.